The summed E-state index contributed by atoms with van der Waals surface area (Å²) in [6.45, 7) is 29.2. The molecule has 3 nitrogen and oxygen atoms in total. The quantitative estimate of drug-likeness (QED) is 0.295. The molecule has 0 aromatic carbocycles. The molecule has 6 unspecified atom stereocenters. The molecule has 4 rings (SSSR count). The van der Waals surface area contributed by atoms with Crippen LogP contribution in [0, 0.1) is 40.4 Å². The third-order valence-corrected chi connectivity index (χ3v) is 13.9. The Kier molecular flexibility index (Phi) is 8.09. The van der Waals surface area contributed by atoms with Gasteiger partial charge in [-0.05, 0) is 158 Å². The summed E-state index contributed by atoms with van der Waals surface area (Å²) in [7, 11) is -4.72. The standard InChI is InChI=1S/C30H60O3Si3/c1-21(31-34(4,5)6)25-15-16-26-24-14-13-22-19-23(32-35(7,8)9)17-18-29(22,2)28(24)27(20-30(25,26)3)33-36(10,11)12/h21-28H,13-20H2,1-12H3/t21-,22?,23?,24?,25-,26?,27?,28?,29+,30-/m1/s1. The monoisotopic (exact) mass is 552 g/mol. The molecule has 0 aliphatic heterocycles. The van der Waals surface area contributed by atoms with Crippen LogP contribution in [0.5, 0.6) is 0 Å². The lowest BCUT2D eigenvalue weighted by atomic mass is 9.44. The molecule has 0 radical (unpaired) electrons. The zero-order valence-electron chi connectivity index (χ0n) is 26.0. The van der Waals surface area contributed by atoms with Gasteiger partial charge in [-0.3, -0.25) is 0 Å². The summed E-state index contributed by atoms with van der Waals surface area (Å²) in [4.78, 5) is 0. The smallest absolute Gasteiger partial charge is 0.184 e. The van der Waals surface area contributed by atoms with Gasteiger partial charge in [0.2, 0.25) is 0 Å². The average molecular weight is 553 g/mol. The maximum Gasteiger partial charge on any atom is 0.184 e. The zero-order chi connectivity index (χ0) is 26.9. The minimum atomic E-state index is -1.66. The van der Waals surface area contributed by atoms with E-state index in [1.807, 2.05) is 0 Å². The molecular weight excluding hydrogens is 493 g/mol. The Balaban J connectivity index is 1.63. The lowest BCUT2D eigenvalue weighted by Crippen LogP contribution is -2.61. The Morgan fingerprint density at radius 2 is 1.36 bits per heavy atom. The number of hydrogen-bond donors (Lipinski definition) is 0. The topological polar surface area (TPSA) is 27.7 Å². The van der Waals surface area contributed by atoms with Crippen LogP contribution in [-0.4, -0.2) is 43.3 Å². The van der Waals surface area contributed by atoms with Gasteiger partial charge in [0.05, 0.1) is 0 Å². The molecule has 0 spiro atoms. The highest BCUT2D eigenvalue weighted by atomic mass is 28.4. The first kappa shape index (κ1) is 29.5. The Labute approximate surface area is 227 Å². The van der Waals surface area contributed by atoms with Gasteiger partial charge < -0.3 is 13.3 Å². The molecule has 4 fully saturated rings. The van der Waals surface area contributed by atoms with Crippen molar-refractivity contribution in [2.24, 2.45) is 40.4 Å². The van der Waals surface area contributed by atoms with Crippen molar-refractivity contribution in [3.8, 4) is 0 Å². The van der Waals surface area contributed by atoms with E-state index in [1.165, 1.54) is 51.4 Å². The Morgan fingerprint density at radius 1 is 0.722 bits per heavy atom. The molecule has 210 valence electrons. The fourth-order valence-electron chi connectivity index (χ4n) is 9.93. The van der Waals surface area contributed by atoms with Crippen LogP contribution in [0.3, 0.4) is 0 Å². The van der Waals surface area contributed by atoms with E-state index in [0.717, 1.165) is 23.7 Å². The average Bonchev–Trinajstić information content (AvgIpc) is 3.01. The molecule has 4 saturated carbocycles. The SMILES string of the molecule is C[C@@H](O[Si](C)(C)C)[C@H]1CCC2C3CCC4CC(O[Si](C)(C)C)CC[C@]4(C)C3C(O[Si](C)(C)C)C[C@@]21C. The van der Waals surface area contributed by atoms with Crippen LogP contribution in [0.4, 0.5) is 0 Å². The van der Waals surface area contributed by atoms with Crippen LogP contribution in [0.15, 0.2) is 0 Å². The molecule has 0 heterocycles. The summed E-state index contributed by atoms with van der Waals surface area (Å²) < 4.78 is 20.7. The van der Waals surface area contributed by atoms with E-state index >= 15 is 0 Å². The van der Waals surface area contributed by atoms with Crippen LogP contribution in [0.2, 0.25) is 58.9 Å². The van der Waals surface area contributed by atoms with Crippen molar-refractivity contribution in [3.63, 3.8) is 0 Å². The van der Waals surface area contributed by atoms with Gasteiger partial charge in [0.15, 0.2) is 25.0 Å². The van der Waals surface area contributed by atoms with Crippen molar-refractivity contribution < 1.29 is 13.3 Å². The van der Waals surface area contributed by atoms with Crippen molar-refractivity contribution in [1.29, 1.82) is 0 Å². The van der Waals surface area contributed by atoms with Crippen LogP contribution in [0.25, 0.3) is 0 Å². The molecule has 0 aromatic rings. The van der Waals surface area contributed by atoms with E-state index in [1.54, 1.807) is 0 Å². The van der Waals surface area contributed by atoms with Gasteiger partial charge >= 0.3 is 0 Å². The predicted octanol–water partition coefficient (Wildman–Crippen LogP) is 8.94. The van der Waals surface area contributed by atoms with Crippen molar-refractivity contribution in [1.82, 2.24) is 0 Å². The van der Waals surface area contributed by atoms with Crippen LogP contribution in [-0.2, 0) is 13.3 Å². The number of hydrogen-bond acceptors (Lipinski definition) is 3. The number of rotatable bonds is 7. The first-order valence-corrected chi connectivity index (χ1v) is 25.6. The predicted molar refractivity (Wildman–Crippen MR) is 161 cm³/mol. The lowest BCUT2D eigenvalue weighted by molar-refractivity contribution is -0.175. The van der Waals surface area contributed by atoms with E-state index in [-0.39, 0.29) is 0 Å². The zero-order valence-corrected chi connectivity index (χ0v) is 29.0. The molecule has 0 bridgehead atoms. The highest BCUT2D eigenvalue weighted by Gasteiger charge is 2.64. The third-order valence-electron chi connectivity index (χ3n) is 10.7. The summed E-state index contributed by atoms with van der Waals surface area (Å²) in [6, 6.07) is 0. The molecule has 4 aliphatic carbocycles. The van der Waals surface area contributed by atoms with E-state index in [2.05, 4.69) is 79.7 Å². The number of fused-ring (bicyclic) bond motifs is 5. The Bertz CT molecular complexity index is 784. The van der Waals surface area contributed by atoms with Gasteiger partial charge in [0.1, 0.15) is 0 Å². The Morgan fingerprint density at radius 3 is 1.94 bits per heavy atom. The van der Waals surface area contributed by atoms with Gasteiger partial charge in [0, 0.05) is 18.3 Å². The molecule has 4 aliphatic rings. The van der Waals surface area contributed by atoms with Crippen LogP contribution < -0.4 is 0 Å². The lowest BCUT2D eigenvalue weighted by Gasteiger charge is -2.64. The fourth-order valence-corrected chi connectivity index (χ4v) is 13.6. The van der Waals surface area contributed by atoms with Gasteiger partial charge in [-0.2, -0.15) is 0 Å². The van der Waals surface area contributed by atoms with Crippen molar-refractivity contribution >= 4 is 25.0 Å². The first-order chi connectivity index (χ1) is 16.3. The van der Waals surface area contributed by atoms with Crippen LogP contribution >= 0.6 is 0 Å². The summed E-state index contributed by atoms with van der Waals surface area (Å²) in [5, 5.41) is 0. The summed E-state index contributed by atoms with van der Waals surface area (Å²) in [5.74, 6) is 3.87. The van der Waals surface area contributed by atoms with E-state index in [0.29, 0.717) is 35.1 Å². The van der Waals surface area contributed by atoms with Crippen molar-refractivity contribution in [2.75, 3.05) is 0 Å². The van der Waals surface area contributed by atoms with E-state index in [4.69, 9.17) is 13.3 Å². The van der Waals surface area contributed by atoms with Gasteiger partial charge in [-0.25, -0.2) is 0 Å². The molecule has 0 aromatic heterocycles. The van der Waals surface area contributed by atoms with Crippen molar-refractivity contribution in [3.05, 3.63) is 0 Å². The summed E-state index contributed by atoms with van der Waals surface area (Å²) in [6.07, 6.45) is 12.0. The molecule has 36 heavy (non-hydrogen) atoms. The van der Waals surface area contributed by atoms with Gasteiger partial charge in [-0.1, -0.05) is 13.8 Å². The molecular formula is C30H60O3Si3. The van der Waals surface area contributed by atoms with Crippen molar-refractivity contribution in [2.45, 2.75) is 149 Å². The van der Waals surface area contributed by atoms with E-state index < -0.39 is 25.0 Å². The molecule has 0 N–H and O–H groups in total. The fraction of sp³-hybridized carbons (Fsp3) is 1.00. The minimum absolute atomic E-state index is 0.353. The first-order valence-electron chi connectivity index (χ1n) is 15.4. The second kappa shape index (κ2) is 9.87. The molecule has 0 saturated heterocycles. The maximum atomic E-state index is 7.25. The summed E-state index contributed by atoms with van der Waals surface area (Å²) >= 11 is 0. The van der Waals surface area contributed by atoms with Gasteiger partial charge in [-0.15, -0.1) is 0 Å². The normalized spacial score (nSPS) is 44.5. The highest BCUT2D eigenvalue weighted by molar-refractivity contribution is 6.70. The molecule has 10 atom stereocenters. The van der Waals surface area contributed by atoms with Crippen LogP contribution in [0.1, 0.15) is 72.1 Å². The second-order valence-electron chi connectivity index (χ2n) is 16.8. The highest BCUT2D eigenvalue weighted by Crippen LogP contribution is 2.68. The third kappa shape index (κ3) is 5.99. The largest absolute Gasteiger partial charge is 0.415 e. The van der Waals surface area contributed by atoms with Gasteiger partial charge in [0.25, 0.3) is 0 Å². The summed E-state index contributed by atoms with van der Waals surface area (Å²) in [5.41, 5.74) is 0.762. The minimum Gasteiger partial charge on any atom is -0.415 e. The second-order valence-corrected chi connectivity index (χ2v) is 30.2. The molecule has 6 heteroatoms. The Hall–Kier alpha value is 0.531. The maximum absolute atomic E-state index is 7.25. The van der Waals surface area contributed by atoms with E-state index in [9.17, 15) is 0 Å². The molecule has 0 amide bonds.